The van der Waals surface area contributed by atoms with E-state index in [4.69, 9.17) is 0 Å². The minimum Gasteiger partial charge on any atom is -0.290 e. The fourth-order valence-electron chi connectivity index (χ4n) is 0.577. The molecule has 11 heavy (non-hydrogen) atoms. The molecule has 0 radical (unpaired) electrons. The predicted molar refractivity (Wildman–Crippen MR) is 35.1 cm³/mol. The smallest absolute Gasteiger partial charge is 0.290 e. The molecular formula is C7H11F3O. The third kappa shape index (κ3) is 4.01. The largest absolute Gasteiger partial charge is 0.449 e. The van der Waals surface area contributed by atoms with Gasteiger partial charge in [-0.2, -0.15) is 13.2 Å². The number of carbonyl (C=O) groups excluding carboxylic acids is 1. The first-order chi connectivity index (χ1) is 4.88. The highest BCUT2D eigenvalue weighted by Gasteiger charge is 2.38. The third-order valence-corrected chi connectivity index (χ3v) is 1.55. The third-order valence-electron chi connectivity index (χ3n) is 1.55. The van der Waals surface area contributed by atoms with E-state index in [1.54, 1.807) is 13.8 Å². The molecular weight excluding hydrogens is 157 g/mol. The standard InChI is InChI=1S/C7H11F3O/c1-3-5(2)4-6(11)7(8,9)10/h5H,3-4H2,1-2H3. The summed E-state index contributed by atoms with van der Waals surface area (Å²) in [6, 6.07) is 0. The number of halogens is 3. The number of hydrogen-bond donors (Lipinski definition) is 0. The zero-order chi connectivity index (χ0) is 9.07. The van der Waals surface area contributed by atoms with Crippen LogP contribution < -0.4 is 0 Å². The number of alkyl halides is 3. The van der Waals surface area contributed by atoms with Gasteiger partial charge in [0.15, 0.2) is 0 Å². The SMILES string of the molecule is CCC(C)CC(=O)C(F)(F)F. The zero-order valence-electron chi connectivity index (χ0n) is 6.53. The Hall–Kier alpha value is -0.540. The molecule has 0 saturated heterocycles. The van der Waals surface area contributed by atoms with Crippen LogP contribution in [0.1, 0.15) is 26.7 Å². The average molecular weight is 168 g/mol. The Labute approximate surface area is 63.6 Å². The van der Waals surface area contributed by atoms with Crippen LogP contribution in [0, 0.1) is 5.92 Å². The lowest BCUT2D eigenvalue weighted by molar-refractivity contribution is -0.171. The first-order valence-corrected chi connectivity index (χ1v) is 3.48. The Morgan fingerprint density at radius 2 is 1.91 bits per heavy atom. The van der Waals surface area contributed by atoms with E-state index in [9.17, 15) is 18.0 Å². The molecule has 0 aromatic carbocycles. The highest BCUT2D eigenvalue weighted by atomic mass is 19.4. The van der Waals surface area contributed by atoms with E-state index in [0.717, 1.165) is 0 Å². The number of hydrogen-bond acceptors (Lipinski definition) is 1. The van der Waals surface area contributed by atoms with Crippen molar-refractivity contribution < 1.29 is 18.0 Å². The van der Waals surface area contributed by atoms with Crippen LogP contribution in [0.4, 0.5) is 13.2 Å². The van der Waals surface area contributed by atoms with E-state index < -0.39 is 12.0 Å². The fraction of sp³-hybridized carbons (Fsp3) is 0.857. The Morgan fingerprint density at radius 3 is 2.18 bits per heavy atom. The Balaban J connectivity index is 3.88. The zero-order valence-corrected chi connectivity index (χ0v) is 6.53. The summed E-state index contributed by atoms with van der Waals surface area (Å²) in [5.41, 5.74) is 0. The van der Waals surface area contributed by atoms with Gasteiger partial charge in [0.2, 0.25) is 5.78 Å². The molecule has 0 saturated carbocycles. The van der Waals surface area contributed by atoms with Crippen LogP contribution >= 0.6 is 0 Å². The van der Waals surface area contributed by atoms with E-state index in [2.05, 4.69) is 0 Å². The normalized spacial score (nSPS) is 14.6. The molecule has 4 heteroatoms. The van der Waals surface area contributed by atoms with Crippen LogP contribution in [0.2, 0.25) is 0 Å². The van der Waals surface area contributed by atoms with Crippen LogP contribution in [0.5, 0.6) is 0 Å². The molecule has 0 amide bonds. The Morgan fingerprint density at radius 1 is 1.45 bits per heavy atom. The lowest BCUT2D eigenvalue weighted by Gasteiger charge is -2.08. The Kier molecular flexibility index (Phi) is 3.55. The molecule has 1 atom stereocenters. The molecule has 0 aliphatic carbocycles. The molecule has 1 unspecified atom stereocenters. The lowest BCUT2D eigenvalue weighted by Crippen LogP contribution is -2.24. The van der Waals surface area contributed by atoms with E-state index in [1.807, 2.05) is 0 Å². The van der Waals surface area contributed by atoms with Gasteiger partial charge in [0, 0.05) is 6.42 Å². The van der Waals surface area contributed by atoms with Crippen LogP contribution in [-0.2, 0) is 4.79 Å². The topological polar surface area (TPSA) is 17.1 Å². The van der Waals surface area contributed by atoms with Gasteiger partial charge in [0.25, 0.3) is 0 Å². The maximum Gasteiger partial charge on any atom is 0.449 e. The van der Waals surface area contributed by atoms with Crippen molar-refractivity contribution in [1.29, 1.82) is 0 Å². The van der Waals surface area contributed by atoms with Crippen LogP contribution in [0.15, 0.2) is 0 Å². The molecule has 0 heterocycles. The molecule has 0 bridgehead atoms. The van der Waals surface area contributed by atoms with E-state index in [-0.39, 0.29) is 12.3 Å². The van der Waals surface area contributed by atoms with E-state index in [1.165, 1.54) is 0 Å². The molecule has 1 nitrogen and oxygen atoms in total. The van der Waals surface area contributed by atoms with Crippen molar-refractivity contribution in [2.24, 2.45) is 5.92 Å². The number of Topliss-reactive ketones (excluding diaryl/α,β-unsaturated/α-hetero) is 1. The number of ketones is 1. The molecule has 0 fully saturated rings. The first-order valence-electron chi connectivity index (χ1n) is 3.48. The van der Waals surface area contributed by atoms with Crippen LogP contribution in [-0.4, -0.2) is 12.0 Å². The van der Waals surface area contributed by atoms with Crippen molar-refractivity contribution in [2.45, 2.75) is 32.9 Å². The maximum absolute atomic E-state index is 11.6. The minimum absolute atomic E-state index is 0.177. The van der Waals surface area contributed by atoms with Crippen molar-refractivity contribution in [3.8, 4) is 0 Å². The highest BCUT2D eigenvalue weighted by Crippen LogP contribution is 2.21. The summed E-state index contributed by atoms with van der Waals surface area (Å²) in [6.07, 6.45) is -4.44. The quantitative estimate of drug-likeness (QED) is 0.632. The van der Waals surface area contributed by atoms with Gasteiger partial charge in [0.1, 0.15) is 0 Å². The van der Waals surface area contributed by atoms with Gasteiger partial charge >= 0.3 is 6.18 Å². The second-order valence-corrected chi connectivity index (χ2v) is 2.64. The van der Waals surface area contributed by atoms with Crippen molar-refractivity contribution in [3.05, 3.63) is 0 Å². The summed E-state index contributed by atoms with van der Waals surface area (Å²) in [5.74, 6) is -1.80. The molecule has 0 aromatic rings. The van der Waals surface area contributed by atoms with E-state index >= 15 is 0 Å². The summed E-state index contributed by atoms with van der Waals surface area (Å²) >= 11 is 0. The lowest BCUT2D eigenvalue weighted by atomic mass is 10.0. The Bertz CT molecular complexity index is 139. The van der Waals surface area contributed by atoms with Crippen molar-refractivity contribution in [3.63, 3.8) is 0 Å². The van der Waals surface area contributed by atoms with Crippen molar-refractivity contribution in [2.75, 3.05) is 0 Å². The number of carbonyl (C=O) groups is 1. The molecule has 66 valence electrons. The van der Waals surface area contributed by atoms with Gasteiger partial charge in [-0.3, -0.25) is 4.79 Å². The van der Waals surface area contributed by atoms with Gasteiger partial charge in [-0.25, -0.2) is 0 Å². The van der Waals surface area contributed by atoms with Crippen molar-refractivity contribution in [1.82, 2.24) is 0 Å². The fourth-order valence-corrected chi connectivity index (χ4v) is 0.577. The van der Waals surface area contributed by atoms with E-state index in [0.29, 0.717) is 6.42 Å². The second kappa shape index (κ2) is 3.74. The highest BCUT2D eigenvalue weighted by molar-refractivity contribution is 5.84. The summed E-state index contributed by atoms with van der Waals surface area (Å²) in [6.45, 7) is 3.39. The second-order valence-electron chi connectivity index (χ2n) is 2.64. The predicted octanol–water partition coefficient (Wildman–Crippen LogP) is 2.55. The van der Waals surface area contributed by atoms with Gasteiger partial charge < -0.3 is 0 Å². The molecule has 0 rings (SSSR count). The molecule has 0 aliphatic rings. The average Bonchev–Trinajstić information content (AvgIpc) is 1.85. The number of rotatable bonds is 3. The summed E-state index contributed by atoms with van der Waals surface area (Å²) in [5, 5.41) is 0. The first kappa shape index (κ1) is 10.5. The van der Waals surface area contributed by atoms with Gasteiger partial charge in [0.05, 0.1) is 0 Å². The van der Waals surface area contributed by atoms with Gasteiger partial charge in [-0.1, -0.05) is 20.3 Å². The summed E-state index contributed by atoms with van der Waals surface area (Å²) in [4.78, 5) is 10.3. The molecule has 0 aromatic heterocycles. The summed E-state index contributed by atoms with van der Waals surface area (Å²) in [7, 11) is 0. The van der Waals surface area contributed by atoms with Gasteiger partial charge in [-0.05, 0) is 5.92 Å². The van der Waals surface area contributed by atoms with Crippen LogP contribution in [0.3, 0.4) is 0 Å². The molecule has 0 aliphatic heterocycles. The monoisotopic (exact) mass is 168 g/mol. The maximum atomic E-state index is 11.6. The summed E-state index contributed by atoms with van der Waals surface area (Å²) < 4.78 is 34.8. The van der Waals surface area contributed by atoms with Crippen molar-refractivity contribution >= 4 is 5.78 Å². The molecule has 0 N–H and O–H groups in total. The minimum atomic E-state index is -4.65. The molecule has 0 spiro atoms. The van der Waals surface area contributed by atoms with Crippen LogP contribution in [0.25, 0.3) is 0 Å². The van der Waals surface area contributed by atoms with Gasteiger partial charge in [-0.15, -0.1) is 0 Å².